The van der Waals surface area contributed by atoms with Crippen molar-refractivity contribution in [3.05, 3.63) is 192 Å². The molecule has 0 amide bonds. The first-order valence-corrected chi connectivity index (χ1v) is 23.0. The molecule has 0 saturated heterocycles. The molecule has 0 aliphatic rings. The largest absolute Gasteiger partial charge is 0.507 e. The molecule has 0 radical (unpaired) electrons. The van der Waals surface area contributed by atoms with Crippen molar-refractivity contribution in [2.24, 2.45) is 0 Å². The number of phenols is 1. The Labute approximate surface area is 398 Å². The zero-order valence-corrected chi connectivity index (χ0v) is 39.7. The average Bonchev–Trinajstić information content (AvgIpc) is 3.73. The molecule has 2 aromatic heterocycles. The summed E-state index contributed by atoms with van der Waals surface area (Å²) in [5.74, 6) is 0.957. The van der Waals surface area contributed by atoms with Crippen molar-refractivity contribution in [3.63, 3.8) is 0 Å². The van der Waals surface area contributed by atoms with E-state index in [0.29, 0.717) is 39.3 Å². The lowest BCUT2D eigenvalue weighted by atomic mass is 9.78. The van der Waals surface area contributed by atoms with Gasteiger partial charge in [-0.1, -0.05) is 178 Å². The van der Waals surface area contributed by atoms with Crippen LogP contribution >= 0.6 is 0 Å². The molecule has 0 aliphatic carbocycles. The summed E-state index contributed by atoms with van der Waals surface area (Å²) in [5, 5.41) is 12.7. The Kier molecular flexibility index (Phi) is 10.1. The Morgan fingerprint density at radius 2 is 1.12 bits per heavy atom. The van der Waals surface area contributed by atoms with E-state index in [9.17, 15) is 5.11 Å². The molecule has 66 heavy (non-hydrogen) atoms. The van der Waals surface area contributed by atoms with Crippen molar-refractivity contribution in [2.75, 3.05) is 0 Å². The van der Waals surface area contributed by atoms with Crippen molar-refractivity contribution in [3.8, 4) is 78.6 Å². The van der Waals surface area contributed by atoms with Crippen LogP contribution in [-0.2, 0) is 10.8 Å². The number of hydrogen-bond acceptors (Lipinski definition) is 3. The first-order valence-electron chi connectivity index (χ1n) is 25.5. The van der Waals surface area contributed by atoms with Crippen LogP contribution in [0.25, 0.3) is 83.9 Å². The first-order chi connectivity index (χ1) is 33.6. The van der Waals surface area contributed by atoms with E-state index >= 15 is 0 Å². The van der Waals surface area contributed by atoms with E-state index < -0.39 is 23.5 Å². The number of benzene rings is 7. The minimum Gasteiger partial charge on any atom is -0.507 e. The van der Waals surface area contributed by atoms with E-state index in [1.54, 1.807) is 6.20 Å². The van der Waals surface area contributed by atoms with Crippen molar-refractivity contribution in [2.45, 2.75) is 91.9 Å². The molecule has 330 valence electrons. The summed E-state index contributed by atoms with van der Waals surface area (Å²) in [6.07, 6.45) is 1.77. The Morgan fingerprint density at radius 1 is 0.530 bits per heavy atom. The van der Waals surface area contributed by atoms with Gasteiger partial charge in [-0.25, -0.2) is 4.98 Å². The Hall–Kier alpha value is -7.04. The highest BCUT2D eigenvalue weighted by molar-refractivity contribution is 5.98. The van der Waals surface area contributed by atoms with Gasteiger partial charge in [-0.2, -0.15) is 0 Å². The fraction of sp³-hybridized carbons (Fsp3) is 0.226. The third kappa shape index (κ3) is 8.49. The van der Waals surface area contributed by atoms with E-state index in [-0.39, 0.29) is 40.6 Å². The third-order valence-corrected chi connectivity index (χ3v) is 12.6. The lowest BCUT2D eigenvalue weighted by molar-refractivity contribution is 0.446. The van der Waals surface area contributed by atoms with Crippen LogP contribution < -0.4 is 0 Å². The molecule has 1 N–H and O–H groups in total. The highest BCUT2D eigenvalue weighted by atomic mass is 16.3. The van der Waals surface area contributed by atoms with E-state index in [1.807, 2.05) is 78.9 Å². The van der Waals surface area contributed by atoms with Gasteiger partial charge in [0.1, 0.15) is 11.6 Å². The zero-order chi connectivity index (χ0) is 50.8. The van der Waals surface area contributed by atoms with Crippen molar-refractivity contribution in [1.29, 1.82) is 0 Å². The number of imidazole rings is 1. The van der Waals surface area contributed by atoms with Crippen molar-refractivity contribution in [1.82, 2.24) is 14.5 Å². The van der Waals surface area contributed by atoms with Gasteiger partial charge in [-0.15, -0.1) is 0 Å². The number of hydrogen-bond donors (Lipinski definition) is 1. The van der Waals surface area contributed by atoms with Gasteiger partial charge in [0, 0.05) is 22.9 Å². The summed E-state index contributed by atoms with van der Waals surface area (Å²) < 4.78 is 46.3. The second-order valence-corrected chi connectivity index (χ2v) is 20.1. The molecule has 0 bridgehead atoms. The predicted octanol–water partition coefficient (Wildman–Crippen LogP) is 17.0. The predicted molar refractivity (Wildman–Crippen MR) is 279 cm³/mol. The summed E-state index contributed by atoms with van der Waals surface area (Å²) in [6, 6.07) is 43.5. The summed E-state index contributed by atoms with van der Waals surface area (Å²) in [6.45, 7) is 21.9. The molecule has 0 unspecified atom stereocenters. The number of aromatic hydroxyl groups is 1. The molecule has 9 aromatic rings. The molecular formula is C62H61N3O. The molecule has 4 heteroatoms. The highest BCUT2D eigenvalue weighted by Gasteiger charge is 2.30. The summed E-state index contributed by atoms with van der Waals surface area (Å²) in [4.78, 5) is 10.5. The summed E-state index contributed by atoms with van der Waals surface area (Å²) in [5.41, 5.74) is 14.2. The standard InChI is InChI=1S/C62H61N3O/c1-39(2)51-34-46(43-25-18-13-19-26-43)35-52(40(3)4)58(51)65-56-28-20-27-50(57(56)64-60(65)53-37-49(61(5,6)7)38-54(59(53)66)62(8,9)10)47-31-45(42-23-16-12-17-24-42)32-48(33-47)55-36-44(29-30-63-55)41-21-14-11-15-22-41/h11-40,66H,1-10H3/i12D,16D,17D,23D,24D. The molecule has 9 rings (SSSR count). The lowest BCUT2D eigenvalue weighted by Gasteiger charge is -2.28. The zero-order valence-electron chi connectivity index (χ0n) is 44.7. The van der Waals surface area contributed by atoms with Crippen LogP contribution in [0.5, 0.6) is 5.75 Å². The number of pyridine rings is 1. The van der Waals surface area contributed by atoms with Crippen LogP contribution in [0.2, 0.25) is 0 Å². The summed E-state index contributed by atoms with van der Waals surface area (Å²) >= 11 is 0. The molecule has 7 aromatic carbocycles. The molecule has 0 fully saturated rings. The van der Waals surface area contributed by atoms with Gasteiger partial charge >= 0.3 is 0 Å². The van der Waals surface area contributed by atoms with Crippen LogP contribution in [-0.4, -0.2) is 19.6 Å². The topological polar surface area (TPSA) is 50.9 Å². The molecule has 0 saturated carbocycles. The number of para-hydroxylation sites is 1. The minimum atomic E-state index is -0.452. The fourth-order valence-corrected chi connectivity index (χ4v) is 9.03. The van der Waals surface area contributed by atoms with Crippen LogP contribution in [0.3, 0.4) is 0 Å². The maximum atomic E-state index is 12.7. The van der Waals surface area contributed by atoms with Gasteiger partial charge in [0.2, 0.25) is 0 Å². The van der Waals surface area contributed by atoms with E-state index in [1.165, 1.54) is 0 Å². The third-order valence-electron chi connectivity index (χ3n) is 12.6. The van der Waals surface area contributed by atoms with Crippen LogP contribution in [0.1, 0.15) is 110 Å². The fourth-order valence-electron chi connectivity index (χ4n) is 9.03. The first kappa shape index (κ1) is 38.3. The van der Waals surface area contributed by atoms with Gasteiger partial charge in [0.15, 0.2) is 0 Å². The maximum absolute atomic E-state index is 12.7. The quantitative estimate of drug-likeness (QED) is 0.157. The number of phenolic OH excluding ortho intramolecular Hbond substituents is 1. The number of fused-ring (bicyclic) bond motifs is 1. The molecule has 0 atom stereocenters. The number of aromatic nitrogens is 3. The van der Waals surface area contributed by atoms with E-state index in [0.717, 1.165) is 61.3 Å². The Balaban J connectivity index is 1.42. The average molecular weight is 869 g/mol. The van der Waals surface area contributed by atoms with E-state index in [4.69, 9.17) is 16.8 Å². The van der Waals surface area contributed by atoms with Gasteiger partial charge < -0.3 is 5.11 Å². The Bertz CT molecular complexity index is 3450. The second-order valence-electron chi connectivity index (χ2n) is 20.1. The smallest absolute Gasteiger partial charge is 0.149 e. The minimum absolute atomic E-state index is 0.0924. The Morgan fingerprint density at radius 3 is 1.73 bits per heavy atom. The van der Waals surface area contributed by atoms with E-state index in [2.05, 4.69) is 128 Å². The second kappa shape index (κ2) is 17.4. The molecule has 4 nitrogen and oxygen atoms in total. The number of nitrogens with zero attached hydrogens (tertiary/aromatic N) is 3. The highest BCUT2D eigenvalue weighted by Crippen LogP contribution is 2.47. The van der Waals surface area contributed by atoms with Crippen LogP contribution in [0.4, 0.5) is 0 Å². The van der Waals surface area contributed by atoms with Gasteiger partial charge in [0.05, 0.1) is 34.8 Å². The number of rotatable bonds is 9. The monoisotopic (exact) mass is 869 g/mol. The lowest BCUT2D eigenvalue weighted by Crippen LogP contribution is -2.17. The normalized spacial score (nSPS) is 13.2. The van der Waals surface area contributed by atoms with Crippen molar-refractivity contribution >= 4 is 11.0 Å². The molecule has 0 spiro atoms. The molecule has 2 heterocycles. The SMILES string of the molecule is [2H]c1c([2H])c([2H])c(-c2cc(-c3cc(-c4ccccc4)ccn3)cc(-c3cccc4c3nc(-c3cc(C(C)(C)C)cc(C(C)(C)C)c3O)n4-c3c(C(C)C)cc(-c4ccccc4)cc3C(C)C)c2)c([2H])c1[2H]. The van der Waals surface area contributed by atoms with Crippen LogP contribution in [0.15, 0.2) is 170 Å². The molecular weight excluding hydrogens is 803 g/mol. The van der Waals surface area contributed by atoms with Crippen LogP contribution in [0, 0.1) is 0 Å². The van der Waals surface area contributed by atoms with Crippen molar-refractivity contribution < 1.29 is 12.0 Å². The van der Waals surface area contributed by atoms with Gasteiger partial charge in [-0.3, -0.25) is 9.55 Å². The molecule has 0 aliphatic heterocycles. The van der Waals surface area contributed by atoms with Gasteiger partial charge in [-0.05, 0) is 133 Å². The summed E-state index contributed by atoms with van der Waals surface area (Å²) in [7, 11) is 0. The maximum Gasteiger partial charge on any atom is 0.149 e. The van der Waals surface area contributed by atoms with Gasteiger partial charge in [0.25, 0.3) is 0 Å².